The van der Waals surface area contributed by atoms with Crippen LogP contribution in [0.1, 0.15) is 10.5 Å². The fourth-order valence-electron chi connectivity index (χ4n) is 2.47. The number of hydrogen-bond acceptors (Lipinski definition) is 4. The molecule has 0 saturated carbocycles. The number of aromatic nitrogens is 4. The van der Waals surface area contributed by atoms with Gasteiger partial charge in [0.15, 0.2) is 5.16 Å². The fourth-order valence-corrected chi connectivity index (χ4v) is 3.23. The molecule has 0 atom stereocenters. The van der Waals surface area contributed by atoms with E-state index in [9.17, 15) is 4.79 Å². The maximum atomic E-state index is 12.4. The molecule has 4 aromatic rings. The number of carbonyl (C=O) groups excluding carboxylic acids is 1. The molecule has 0 spiro atoms. The second-order valence-electron chi connectivity index (χ2n) is 5.58. The van der Waals surface area contributed by atoms with Gasteiger partial charge in [-0.2, -0.15) is 0 Å². The highest BCUT2D eigenvalue weighted by Gasteiger charge is 2.10. The first-order valence-corrected chi connectivity index (χ1v) is 8.52. The van der Waals surface area contributed by atoms with Crippen molar-refractivity contribution in [3.63, 3.8) is 0 Å². The van der Waals surface area contributed by atoms with Crippen LogP contribution in [0.15, 0.2) is 71.0 Å². The molecule has 0 aliphatic rings. The number of amides is 1. The molecule has 7 heteroatoms. The maximum absolute atomic E-state index is 12.4. The lowest BCUT2D eigenvalue weighted by molar-refractivity contribution is 0.102. The number of rotatable bonds is 4. The van der Waals surface area contributed by atoms with Crippen molar-refractivity contribution in [2.45, 2.75) is 10.1 Å². The standard InChI is InChI=1S/C18H15N5OS/c1-23-11-19-22-18(23)25-14-8-6-13(7-9-14)20-17(24)16-10-12-4-2-3-5-15(12)21-16/h2-11,21H,1H3,(H,20,24). The van der Waals surface area contributed by atoms with Crippen molar-refractivity contribution in [3.05, 3.63) is 66.6 Å². The molecule has 6 nitrogen and oxygen atoms in total. The van der Waals surface area contributed by atoms with E-state index in [1.54, 1.807) is 6.33 Å². The summed E-state index contributed by atoms with van der Waals surface area (Å²) in [5, 5.41) is 12.6. The Morgan fingerprint density at radius 3 is 2.68 bits per heavy atom. The summed E-state index contributed by atoms with van der Waals surface area (Å²) >= 11 is 1.52. The first-order valence-electron chi connectivity index (χ1n) is 7.70. The van der Waals surface area contributed by atoms with Gasteiger partial charge in [-0.15, -0.1) is 10.2 Å². The zero-order valence-electron chi connectivity index (χ0n) is 13.4. The van der Waals surface area contributed by atoms with Gasteiger partial charge in [-0.1, -0.05) is 18.2 Å². The summed E-state index contributed by atoms with van der Waals surface area (Å²) in [5.41, 5.74) is 2.23. The Balaban J connectivity index is 1.47. The first-order chi connectivity index (χ1) is 12.2. The second kappa shape index (κ2) is 6.45. The summed E-state index contributed by atoms with van der Waals surface area (Å²) in [6.07, 6.45) is 1.66. The minimum Gasteiger partial charge on any atom is -0.351 e. The third-order valence-electron chi connectivity index (χ3n) is 3.77. The minimum atomic E-state index is -0.162. The number of benzene rings is 2. The van der Waals surface area contributed by atoms with Crippen molar-refractivity contribution in [2.75, 3.05) is 5.32 Å². The van der Waals surface area contributed by atoms with Crippen LogP contribution in [0.2, 0.25) is 0 Å². The van der Waals surface area contributed by atoms with Crippen LogP contribution in [0.5, 0.6) is 0 Å². The molecule has 0 saturated heterocycles. The van der Waals surface area contributed by atoms with Crippen LogP contribution in [0, 0.1) is 0 Å². The quantitative estimate of drug-likeness (QED) is 0.589. The largest absolute Gasteiger partial charge is 0.351 e. The van der Waals surface area contributed by atoms with Crippen LogP contribution in [0.4, 0.5) is 5.69 Å². The first kappa shape index (κ1) is 15.5. The number of hydrogen-bond donors (Lipinski definition) is 2. The van der Waals surface area contributed by atoms with Crippen LogP contribution < -0.4 is 5.32 Å². The predicted molar refractivity (Wildman–Crippen MR) is 97.8 cm³/mol. The summed E-state index contributed by atoms with van der Waals surface area (Å²) in [4.78, 5) is 16.6. The molecule has 4 rings (SSSR count). The van der Waals surface area contributed by atoms with Crippen molar-refractivity contribution in [1.29, 1.82) is 0 Å². The van der Waals surface area contributed by atoms with Gasteiger partial charge in [-0.3, -0.25) is 4.79 Å². The van der Waals surface area contributed by atoms with Crippen LogP contribution in [-0.4, -0.2) is 25.7 Å². The zero-order valence-corrected chi connectivity index (χ0v) is 14.2. The molecule has 0 radical (unpaired) electrons. The van der Waals surface area contributed by atoms with E-state index in [1.165, 1.54) is 11.8 Å². The van der Waals surface area contributed by atoms with Gasteiger partial charge in [0.05, 0.1) is 0 Å². The van der Waals surface area contributed by atoms with E-state index in [0.717, 1.165) is 26.6 Å². The molecule has 0 fully saturated rings. The summed E-state index contributed by atoms with van der Waals surface area (Å²) in [6.45, 7) is 0. The van der Waals surface area contributed by atoms with E-state index in [0.29, 0.717) is 5.69 Å². The summed E-state index contributed by atoms with van der Waals surface area (Å²) in [7, 11) is 1.90. The number of para-hydroxylation sites is 1. The number of aryl methyl sites for hydroxylation is 1. The highest BCUT2D eigenvalue weighted by molar-refractivity contribution is 7.99. The van der Waals surface area contributed by atoms with Crippen molar-refractivity contribution in [3.8, 4) is 0 Å². The van der Waals surface area contributed by atoms with Gasteiger partial charge in [-0.25, -0.2) is 0 Å². The van der Waals surface area contributed by atoms with Crippen molar-refractivity contribution in [2.24, 2.45) is 7.05 Å². The van der Waals surface area contributed by atoms with Crippen molar-refractivity contribution < 1.29 is 4.79 Å². The van der Waals surface area contributed by atoms with Crippen LogP contribution in [0.3, 0.4) is 0 Å². The Morgan fingerprint density at radius 1 is 1.16 bits per heavy atom. The highest BCUT2D eigenvalue weighted by Crippen LogP contribution is 2.26. The smallest absolute Gasteiger partial charge is 0.272 e. The summed E-state index contributed by atoms with van der Waals surface area (Å²) in [5.74, 6) is -0.162. The Bertz CT molecular complexity index is 1000. The molecule has 0 aliphatic heterocycles. The molecular formula is C18H15N5OS. The average molecular weight is 349 g/mol. The van der Waals surface area contributed by atoms with Gasteiger partial charge in [0, 0.05) is 28.5 Å². The molecule has 0 aliphatic carbocycles. The number of nitrogens with zero attached hydrogens (tertiary/aromatic N) is 3. The van der Waals surface area contributed by atoms with E-state index < -0.39 is 0 Å². The van der Waals surface area contributed by atoms with Gasteiger partial charge >= 0.3 is 0 Å². The molecule has 0 unspecified atom stereocenters. The number of H-pyrrole nitrogens is 1. The number of fused-ring (bicyclic) bond motifs is 1. The normalized spacial score (nSPS) is 10.9. The molecule has 25 heavy (non-hydrogen) atoms. The Morgan fingerprint density at radius 2 is 1.96 bits per heavy atom. The van der Waals surface area contributed by atoms with E-state index in [-0.39, 0.29) is 5.91 Å². The number of aromatic amines is 1. The third-order valence-corrected chi connectivity index (χ3v) is 4.83. The van der Waals surface area contributed by atoms with Crippen molar-refractivity contribution >= 4 is 34.3 Å². The fraction of sp³-hybridized carbons (Fsp3) is 0.0556. The average Bonchev–Trinajstić information content (AvgIpc) is 3.23. The predicted octanol–water partition coefficient (Wildman–Crippen LogP) is 3.70. The topological polar surface area (TPSA) is 75.6 Å². The van der Waals surface area contributed by atoms with Crippen molar-refractivity contribution in [1.82, 2.24) is 19.7 Å². The molecule has 2 heterocycles. The zero-order chi connectivity index (χ0) is 17.2. The third kappa shape index (κ3) is 3.27. The summed E-state index contributed by atoms with van der Waals surface area (Å²) < 4.78 is 1.86. The lowest BCUT2D eigenvalue weighted by Crippen LogP contribution is -2.12. The molecule has 124 valence electrons. The number of carbonyl (C=O) groups is 1. The van der Waals surface area contributed by atoms with Gasteiger partial charge in [0.2, 0.25) is 0 Å². The highest BCUT2D eigenvalue weighted by atomic mass is 32.2. The van der Waals surface area contributed by atoms with E-state index >= 15 is 0 Å². The van der Waals surface area contributed by atoms with E-state index in [4.69, 9.17) is 0 Å². The SMILES string of the molecule is Cn1cnnc1Sc1ccc(NC(=O)c2cc3ccccc3[nH]2)cc1. The molecule has 0 bridgehead atoms. The van der Waals surface area contributed by atoms with Gasteiger partial charge in [-0.05, 0) is 48.2 Å². The Labute approximate surface area is 148 Å². The lowest BCUT2D eigenvalue weighted by Gasteiger charge is -2.05. The number of nitrogens with one attached hydrogen (secondary N) is 2. The molecule has 2 aromatic carbocycles. The molecule has 2 aromatic heterocycles. The molecule has 2 N–H and O–H groups in total. The summed E-state index contributed by atoms with van der Waals surface area (Å²) in [6, 6.07) is 17.3. The molecule has 1 amide bonds. The van der Waals surface area contributed by atoms with Crippen LogP contribution in [0.25, 0.3) is 10.9 Å². The monoisotopic (exact) mass is 349 g/mol. The Hall–Kier alpha value is -3.06. The minimum absolute atomic E-state index is 0.162. The van der Waals surface area contributed by atoms with Crippen LogP contribution >= 0.6 is 11.8 Å². The van der Waals surface area contributed by atoms with Gasteiger partial charge in [0.1, 0.15) is 12.0 Å². The second-order valence-corrected chi connectivity index (χ2v) is 6.62. The lowest BCUT2D eigenvalue weighted by atomic mass is 10.2. The van der Waals surface area contributed by atoms with E-state index in [1.807, 2.05) is 66.2 Å². The number of anilines is 1. The van der Waals surface area contributed by atoms with Crippen LogP contribution in [-0.2, 0) is 7.05 Å². The van der Waals surface area contributed by atoms with E-state index in [2.05, 4.69) is 20.5 Å². The molecular weight excluding hydrogens is 334 g/mol. The van der Waals surface area contributed by atoms with Gasteiger partial charge in [0.25, 0.3) is 5.91 Å². The Kier molecular flexibility index (Phi) is 3.99. The maximum Gasteiger partial charge on any atom is 0.272 e. The van der Waals surface area contributed by atoms with Gasteiger partial charge < -0.3 is 14.9 Å².